The first-order chi connectivity index (χ1) is 4.45. The molecule has 1 unspecified atom stereocenters. The van der Waals surface area contributed by atoms with Gasteiger partial charge in [0.1, 0.15) is 0 Å². The number of nitrogens with two attached hydrogens (primary N) is 1. The number of carboxylic acid groups (broad SMARTS) is 1. The largest absolute Gasteiger partial charge is 0.478 e. The van der Waals surface area contributed by atoms with Crippen LogP contribution in [0.25, 0.3) is 0 Å². The van der Waals surface area contributed by atoms with Crippen molar-refractivity contribution >= 4 is 11.8 Å². The van der Waals surface area contributed by atoms with Gasteiger partial charge >= 0.3 is 5.97 Å². The lowest BCUT2D eigenvalue weighted by Gasteiger charge is -2.18. The topological polar surface area (TPSA) is 89.6 Å². The molecule has 0 saturated heterocycles. The van der Waals surface area contributed by atoms with E-state index in [0.29, 0.717) is 0 Å². The molecule has 10 heavy (non-hydrogen) atoms. The molecule has 0 heterocycles. The third kappa shape index (κ3) is 1.31. The average Bonchev–Trinajstić information content (AvgIpc) is 1.85. The van der Waals surface area contributed by atoms with Crippen molar-refractivity contribution < 1.29 is 19.4 Å². The van der Waals surface area contributed by atoms with Crippen molar-refractivity contribution in [2.75, 3.05) is 7.11 Å². The quantitative estimate of drug-likeness (QED) is 0.393. The van der Waals surface area contributed by atoms with Crippen molar-refractivity contribution in [3.05, 3.63) is 0 Å². The molecule has 58 valence electrons. The molecule has 0 spiro atoms. The predicted octanol–water partition coefficient (Wildman–Crippen LogP) is -1.04. The number of carbonyl (C=O) groups is 2. The van der Waals surface area contributed by atoms with E-state index < -0.39 is 17.5 Å². The van der Waals surface area contributed by atoms with Gasteiger partial charge in [0.05, 0.1) is 0 Å². The standard InChI is InChI=1S/C5H9NO4/c1-3(7)5(6,10-2)4(8)9/h6H2,1-2H3,(H,8,9). The van der Waals surface area contributed by atoms with E-state index in [4.69, 9.17) is 10.8 Å². The summed E-state index contributed by atoms with van der Waals surface area (Å²) in [5.41, 5.74) is 2.83. The molecule has 3 N–H and O–H groups in total. The second-order valence-electron chi connectivity index (χ2n) is 1.80. The van der Waals surface area contributed by atoms with Crippen LogP contribution in [-0.2, 0) is 14.3 Å². The SMILES string of the molecule is COC(N)(C(C)=O)C(=O)O. The van der Waals surface area contributed by atoms with Crippen molar-refractivity contribution in [1.29, 1.82) is 0 Å². The molecule has 0 aliphatic carbocycles. The summed E-state index contributed by atoms with van der Waals surface area (Å²) in [4.78, 5) is 20.7. The maximum absolute atomic E-state index is 10.5. The highest BCUT2D eigenvalue weighted by molar-refractivity contribution is 6.04. The summed E-state index contributed by atoms with van der Waals surface area (Å²) in [6, 6.07) is 0. The number of carboxylic acids is 1. The highest BCUT2D eigenvalue weighted by Gasteiger charge is 2.39. The number of rotatable bonds is 3. The van der Waals surface area contributed by atoms with Gasteiger partial charge in [0.25, 0.3) is 5.72 Å². The zero-order valence-electron chi connectivity index (χ0n) is 5.75. The van der Waals surface area contributed by atoms with E-state index in [-0.39, 0.29) is 0 Å². The Hall–Kier alpha value is -0.940. The Labute approximate surface area is 57.8 Å². The number of methoxy groups -OCH3 is 1. The molecule has 0 aliphatic rings. The minimum absolute atomic E-state index is 0.734. The molecule has 0 aliphatic heterocycles. The van der Waals surface area contributed by atoms with Gasteiger partial charge in [-0.1, -0.05) is 0 Å². The summed E-state index contributed by atoms with van der Waals surface area (Å²) in [7, 11) is 1.06. The fraction of sp³-hybridized carbons (Fsp3) is 0.600. The molecular formula is C5H9NO4. The third-order valence-corrected chi connectivity index (χ3v) is 1.16. The molecule has 0 aromatic rings. The van der Waals surface area contributed by atoms with Crippen LogP contribution in [0.5, 0.6) is 0 Å². The van der Waals surface area contributed by atoms with Gasteiger partial charge in [-0.25, -0.2) is 4.79 Å². The Morgan fingerprint density at radius 3 is 2.00 bits per heavy atom. The van der Waals surface area contributed by atoms with Gasteiger partial charge in [-0.15, -0.1) is 0 Å². The number of hydrogen-bond donors (Lipinski definition) is 2. The average molecular weight is 147 g/mol. The predicted molar refractivity (Wildman–Crippen MR) is 32.2 cm³/mol. The van der Waals surface area contributed by atoms with Gasteiger partial charge in [0, 0.05) is 7.11 Å². The molecule has 5 nitrogen and oxygen atoms in total. The first-order valence-electron chi connectivity index (χ1n) is 2.53. The van der Waals surface area contributed by atoms with E-state index in [1.54, 1.807) is 0 Å². The van der Waals surface area contributed by atoms with Crippen LogP contribution in [0.1, 0.15) is 6.92 Å². The molecule has 0 rings (SSSR count). The van der Waals surface area contributed by atoms with E-state index in [9.17, 15) is 9.59 Å². The third-order valence-electron chi connectivity index (χ3n) is 1.16. The van der Waals surface area contributed by atoms with Crippen LogP contribution in [0.2, 0.25) is 0 Å². The van der Waals surface area contributed by atoms with Gasteiger partial charge in [0.15, 0.2) is 5.78 Å². The molecule has 0 saturated carbocycles. The normalized spacial score (nSPS) is 15.9. The lowest BCUT2D eigenvalue weighted by atomic mass is 10.1. The number of hydrogen-bond acceptors (Lipinski definition) is 4. The molecule has 0 bridgehead atoms. The Morgan fingerprint density at radius 2 is 2.00 bits per heavy atom. The zero-order chi connectivity index (χ0) is 8.36. The van der Waals surface area contributed by atoms with Gasteiger partial charge in [-0.2, -0.15) is 0 Å². The summed E-state index contributed by atoms with van der Waals surface area (Å²) < 4.78 is 4.29. The Kier molecular flexibility index (Phi) is 2.50. The lowest BCUT2D eigenvalue weighted by molar-refractivity contribution is -0.167. The van der Waals surface area contributed by atoms with Gasteiger partial charge in [0.2, 0.25) is 0 Å². The molecule has 0 radical (unpaired) electrons. The molecule has 0 amide bonds. The van der Waals surface area contributed by atoms with Crippen molar-refractivity contribution in [2.45, 2.75) is 12.6 Å². The monoisotopic (exact) mass is 147 g/mol. The van der Waals surface area contributed by atoms with Gasteiger partial charge in [-0.3, -0.25) is 10.5 Å². The fourth-order valence-corrected chi connectivity index (χ4v) is 0.382. The van der Waals surface area contributed by atoms with Crippen LogP contribution in [0.15, 0.2) is 0 Å². The summed E-state index contributed by atoms with van der Waals surface area (Å²) >= 11 is 0. The Bertz CT molecular complexity index is 151. The van der Waals surface area contributed by atoms with Crippen LogP contribution in [0, 0.1) is 0 Å². The first-order valence-corrected chi connectivity index (χ1v) is 2.53. The van der Waals surface area contributed by atoms with E-state index in [1.807, 2.05) is 0 Å². The maximum atomic E-state index is 10.5. The maximum Gasteiger partial charge on any atom is 0.359 e. The highest BCUT2D eigenvalue weighted by atomic mass is 16.5. The summed E-state index contributed by atoms with van der Waals surface area (Å²) in [5, 5.41) is 8.33. The molecule has 1 atom stereocenters. The minimum atomic E-state index is -2.18. The van der Waals surface area contributed by atoms with Gasteiger partial charge < -0.3 is 9.84 Å². The molecule has 0 fully saturated rings. The van der Waals surface area contributed by atoms with Crippen LogP contribution in [0.3, 0.4) is 0 Å². The second kappa shape index (κ2) is 2.76. The van der Waals surface area contributed by atoms with Crippen LogP contribution in [0.4, 0.5) is 0 Å². The van der Waals surface area contributed by atoms with Crippen molar-refractivity contribution in [3.63, 3.8) is 0 Å². The highest BCUT2D eigenvalue weighted by Crippen LogP contribution is 2.02. The minimum Gasteiger partial charge on any atom is -0.478 e. The number of carbonyl (C=O) groups excluding carboxylic acids is 1. The molecule has 0 aromatic heterocycles. The second-order valence-corrected chi connectivity index (χ2v) is 1.80. The molecular weight excluding hydrogens is 138 g/mol. The number of aliphatic carboxylic acids is 1. The van der Waals surface area contributed by atoms with Crippen molar-refractivity contribution in [2.24, 2.45) is 5.73 Å². The Balaban J connectivity index is 4.55. The summed E-state index contributed by atoms with van der Waals surface area (Å²) in [6.07, 6.45) is 0. The number of Topliss-reactive ketones (excluding diaryl/α,β-unsaturated/α-hetero) is 1. The van der Waals surface area contributed by atoms with Crippen LogP contribution >= 0.6 is 0 Å². The number of ketones is 1. The smallest absolute Gasteiger partial charge is 0.359 e. The van der Waals surface area contributed by atoms with Crippen molar-refractivity contribution in [1.82, 2.24) is 0 Å². The molecule has 5 heteroatoms. The van der Waals surface area contributed by atoms with Crippen molar-refractivity contribution in [3.8, 4) is 0 Å². The molecule has 0 aromatic carbocycles. The van der Waals surface area contributed by atoms with Crippen LogP contribution in [-0.4, -0.2) is 29.7 Å². The van der Waals surface area contributed by atoms with E-state index in [1.165, 1.54) is 0 Å². The lowest BCUT2D eigenvalue weighted by Crippen LogP contribution is -2.55. The van der Waals surface area contributed by atoms with E-state index >= 15 is 0 Å². The zero-order valence-corrected chi connectivity index (χ0v) is 5.75. The number of ether oxygens (including phenoxy) is 1. The van der Waals surface area contributed by atoms with E-state index in [2.05, 4.69) is 4.74 Å². The fourth-order valence-electron chi connectivity index (χ4n) is 0.382. The summed E-state index contributed by atoms with van der Waals surface area (Å²) in [5.74, 6) is -2.22. The van der Waals surface area contributed by atoms with E-state index in [0.717, 1.165) is 14.0 Å². The first kappa shape index (κ1) is 9.06. The van der Waals surface area contributed by atoms with Crippen LogP contribution < -0.4 is 5.73 Å². The van der Waals surface area contributed by atoms with Gasteiger partial charge in [-0.05, 0) is 6.92 Å². The summed E-state index contributed by atoms with van der Waals surface area (Å²) in [6.45, 7) is 1.05. The Morgan fingerprint density at radius 1 is 1.60 bits per heavy atom.